The fourth-order valence-corrected chi connectivity index (χ4v) is 2.91. The molecular weight excluding hydrogens is 213 g/mol. The number of amides is 2. The van der Waals surface area contributed by atoms with Gasteiger partial charge in [-0.2, -0.15) is 5.01 Å². The Balaban J connectivity index is 1.84. The van der Waals surface area contributed by atoms with E-state index in [-0.39, 0.29) is 12.6 Å². The zero-order valence-corrected chi connectivity index (χ0v) is 9.06. The van der Waals surface area contributed by atoms with Gasteiger partial charge in [-0.1, -0.05) is 6.42 Å². The monoisotopic (exact) mass is 229 g/mol. The highest BCUT2D eigenvalue weighted by Gasteiger charge is 2.40. The lowest BCUT2D eigenvalue weighted by Crippen LogP contribution is -2.45. The summed E-state index contributed by atoms with van der Waals surface area (Å²) in [4.78, 5) is 21.9. The fraction of sp³-hybridized carbons (Fsp3) is 0.900. The molecule has 2 fully saturated rings. The maximum Gasteiger partial charge on any atom is 0.340 e. The van der Waals surface area contributed by atoms with Crippen LogP contribution in [-0.2, 0) is 0 Å². The van der Waals surface area contributed by atoms with Gasteiger partial charge in [-0.05, 0) is 31.1 Å². The van der Waals surface area contributed by atoms with Crippen molar-refractivity contribution in [2.75, 3.05) is 13.2 Å². The van der Waals surface area contributed by atoms with Crippen LogP contribution in [0.2, 0.25) is 0 Å². The molecule has 0 aromatic heterocycles. The van der Waals surface area contributed by atoms with E-state index >= 15 is 0 Å². The van der Waals surface area contributed by atoms with E-state index in [1.165, 1.54) is 12.8 Å². The number of rotatable bonds is 4. The molecule has 6 heteroatoms. The van der Waals surface area contributed by atoms with Gasteiger partial charge in [-0.3, -0.25) is 0 Å². The topological polar surface area (TPSA) is 61.8 Å². The summed E-state index contributed by atoms with van der Waals surface area (Å²) in [6, 6.07) is -0.416. The van der Waals surface area contributed by atoms with Crippen LogP contribution in [0.3, 0.4) is 0 Å². The summed E-state index contributed by atoms with van der Waals surface area (Å²) in [5.74, 6) is 1.25. The Labute approximate surface area is 93.3 Å². The van der Waals surface area contributed by atoms with Crippen molar-refractivity contribution in [1.29, 1.82) is 0 Å². The molecule has 0 radical (unpaired) electrons. The van der Waals surface area contributed by atoms with E-state index in [1.807, 2.05) is 0 Å². The molecule has 2 amide bonds. The normalized spacial score (nSPS) is 31.4. The molecule has 2 rings (SSSR count). The van der Waals surface area contributed by atoms with E-state index in [2.05, 4.69) is 10.6 Å². The molecule has 0 heterocycles. The second-order valence-corrected chi connectivity index (χ2v) is 4.62. The second-order valence-electron chi connectivity index (χ2n) is 4.62. The lowest BCUT2D eigenvalue weighted by molar-refractivity contribution is 0.185. The number of urea groups is 1. The molecule has 0 spiro atoms. The van der Waals surface area contributed by atoms with Crippen LogP contribution in [0.25, 0.3) is 0 Å². The Morgan fingerprint density at radius 1 is 1.44 bits per heavy atom. The third kappa shape index (κ3) is 2.15. The number of nitroso groups, excluding NO2 is 1. The SMILES string of the molecule is O=NN(CCF)C(=O)N[C@H]1C[C@H]2CC[C@@H]1C2. The highest BCUT2D eigenvalue weighted by atomic mass is 19.1. The Bertz CT molecular complexity index is 287. The maximum atomic E-state index is 12.0. The fourth-order valence-electron chi connectivity index (χ4n) is 2.91. The summed E-state index contributed by atoms with van der Waals surface area (Å²) in [6.07, 6.45) is 4.55. The van der Waals surface area contributed by atoms with Crippen molar-refractivity contribution < 1.29 is 9.18 Å². The molecule has 2 aliphatic carbocycles. The molecule has 16 heavy (non-hydrogen) atoms. The van der Waals surface area contributed by atoms with Crippen LogP contribution in [-0.4, -0.2) is 30.3 Å². The van der Waals surface area contributed by atoms with Crippen LogP contribution >= 0.6 is 0 Å². The van der Waals surface area contributed by atoms with Gasteiger partial charge in [0.15, 0.2) is 0 Å². The summed E-state index contributed by atoms with van der Waals surface area (Å²) in [5, 5.41) is 5.90. The van der Waals surface area contributed by atoms with Gasteiger partial charge in [0.1, 0.15) is 6.67 Å². The van der Waals surface area contributed by atoms with Crippen molar-refractivity contribution in [3.05, 3.63) is 4.91 Å². The lowest BCUT2D eigenvalue weighted by atomic mass is 9.95. The molecule has 0 saturated heterocycles. The van der Waals surface area contributed by atoms with Gasteiger partial charge in [0.25, 0.3) is 0 Å². The number of hydrogen-bond donors (Lipinski definition) is 1. The van der Waals surface area contributed by atoms with E-state index in [9.17, 15) is 14.1 Å². The molecule has 0 aliphatic heterocycles. The second kappa shape index (κ2) is 4.76. The number of alkyl halides is 1. The van der Waals surface area contributed by atoms with Gasteiger partial charge in [0.2, 0.25) is 0 Å². The van der Waals surface area contributed by atoms with Crippen LogP contribution in [0.5, 0.6) is 0 Å². The predicted molar refractivity (Wildman–Crippen MR) is 56.2 cm³/mol. The summed E-state index contributed by atoms with van der Waals surface area (Å²) >= 11 is 0. The first-order valence-electron chi connectivity index (χ1n) is 5.72. The highest BCUT2D eigenvalue weighted by molar-refractivity contribution is 5.74. The molecule has 0 aromatic rings. The van der Waals surface area contributed by atoms with Gasteiger partial charge in [-0.25, -0.2) is 9.18 Å². The average Bonchev–Trinajstić information content (AvgIpc) is 2.87. The third-order valence-electron chi connectivity index (χ3n) is 3.68. The van der Waals surface area contributed by atoms with Crippen LogP contribution in [0.4, 0.5) is 9.18 Å². The zero-order valence-electron chi connectivity index (χ0n) is 9.06. The zero-order chi connectivity index (χ0) is 11.5. The van der Waals surface area contributed by atoms with Crippen LogP contribution in [0.1, 0.15) is 25.7 Å². The van der Waals surface area contributed by atoms with Crippen molar-refractivity contribution in [3.63, 3.8) is 0 Å². The number of nitrogens with zero attached hydrogens (tertiary/aromatic N) is 2. The molecule has 3 atom stereocenters. The number of hydrogen-bond acceptors (Lipinski definition) is 3. The molecule has 90 valence electrons. The Hall–Kier alpha value is -1.20. The number of fused-ring (bicyclic) bond motifs is 2. The Morgan fingerprint density at radius 2 is 2.25 bits per heavy atom. The van der Waals surface area contributed by atoms with Crippen LogP contribution in [0.15, 0.2) is 5.29 Å². The Kier molecular flexibility index (Phi) is 3.36. The minimum atomic E-state index is -0.754. The van der Waals surface area contributed by atoms with Crippen LogP contribution in [0, 0.1) is 16.7 Å². The van der Waals surface area contributed by atoms with Gasteiger partial charge in [-0.15, -0.1) is 4.91 Å². The van der Waals surface area contributed by atoms with E-state index in [1.54, 1.807) is 0 Å². The van der Waals surface area contributed by atoms with Crippen molar-refractivity contribution in [2.24, 2.45) is 17.1 Å². The minimum Gasteiger partial charge on any atom is -0.333 e. The van der Waals surface area contributed by atoms with Crippen molar-refractivity contribution in [2.45, 2.75) is 31.7 Å². The number of carbonyl (C=O) groups is 1. The third-order valence-corrected chi connectivity index (χ3v) is 3.68. The lowest BCUT2D eigenvalue weighted by Gasteiger charge is -2.24. The van der Waals surface area contributed by atoms with Gasteiger partial charge in [0, 0.05) is 6.04 Å². The number of halogens is 1. The van der Waals surface area contributed by atoms with Gasteiger partial charge < -0.3 is 5.32 Å². The smallest absolute Gasteiger partial charge is 0.333 e. The average molecular weight is 229 g/mol. The molecule has 2 bridgehead atoms. The molecule has 2 saturated carbocycles. The van der Waals surface area contributed by atoms with E-state index in [0.29, 0.717) is 16.8 Å². The van der Waals surface area contributed by atoms with E-state index in [4.69, 9.17) is 0 Å². The van der Waals surface area contributed by atoms with Crippen molar-refractivity contribution in [1.82, 2.24) is 10.3 Å². The maximum absolute atomic E-state index is 12.0. The largest absolute Gasteiger partial charge is 0.340 e. The molecule has 2 aliphatic rings. The van der Waals surface area contributed by atoms with E-state index in [0.717, 1.165) is 12.8 Å². The van der Waals surface area contributed by atoms with Crippen LogP contribution < -0.4 is 5.32 Å². The summed E-state index contributed by atoms with van der Waals surface area (Å²) in [5.41, 5.74) is 0. The van der Waals surface area contributed by atoms with Crippen molar-refractivity contribution in [3.8, 4) is 0 Å². The molecule has 1 N–H and O–H groups in total. The van der Waals surface area contributed by atoms with E-state index < -0.39 is 12.7 Å². The summed E-state index contributed by atoms with van der Waals surface area (Å²) in [6.45, 7) is -1.02. The molecule has 0 unspecified atom stereocenters. The molecule has 0 aromatic carbocycles. The van der Waals surface area contributed by atoms with Crippen molar-refractivity contribution >= 4 is 6.03 Å². The first-order valence-corrected chi connectivity index (χ1v) is 5.72. The number of carbonyl (C=O) groups excluding carboxylic acids is 1. The summed E-state index contributed by atoms with van der Waals surface area (Å²) < 4.78 is 12.0. The standard InChI is InChI=1S/C10H16FN3O2/c11-3-4-14(13-16)10(15)12-9-6-7-1-2-8(9)5-7/h7-9H,1-6H2,(H,12,15)/t7-,8+,9-/m0/s1. The predicted octanol–water partition coefficient (Wildman–Crippen LogP) is 1.84. The first kappa shape index (κ1) is 11.3. The first-order chi connectivity index (χ1) is 7.74. The molecular formula is C10H16FN3O2. The number of nitrogens with one attached hydrogen (secondary N) is 1. The van der Waals surface area contributed by atoms with Gasteiger partial charge in [0.05, 0.1) is 11.8 Å². The molecule has 5 nitrogen and oxygen atoms in total. The Morgan fingerprint density at radius 3 is 2.75 bits per heavy atom. The minimum absolute atomic E-state index is 0.148. The summed E-state index contributed by atoms with van der Waals surface area (Å²) in [7, 11) is 0. The highest BCUT2D eigenvalue weighted by Crippen LogP contribution is 2.44. The van der Waals surface area contributed by atoms with Gasteiger partial charge >= 0.3 is 6.03 Å². The quantitative estimate of drug-likeness (QED) is 0.590.